The first kappa shape index (κ1) is 13.8. The molecular weight excluding hydrogens is 268 g/mol. The summed E-state index contributed by atoms with van der Waals surface area (Å²) in [6.07, 6.45) is 3.46. The van der Waals surface area contributed by atoms with E-state index in [4.69, 9.17) is 11.6 Å². The van der Waals surface area contributed by atoms with E-state index in [0.717, 1.165) is 6.42 Å². The lowest BCUT2D eigenvalue weighted by Gasteiger charge is -2.27. The second kappa shape index (κ2) is 5.17. The molecule has 1 fully saturated rings. The molecule has 5 nitrogen and oxygen atoms in total. The van der Waals surface area contributed by atoms with Gasteiger partial charge in [0.05, 0.1) is 5.41 Å². The Morgan fingerprint density at radius 2 is 2.32 bits per heavy atom. The van der Waals surface area contributed by atoms with E-state index in [1.807, 2.05) is 0 Å². The largest absolute Gasteiger partial charge is 0.481 e. The highest BCUT2D eigenvalue weighted by molar-refractivity contribution is 6.30. The molecule has 6 heteroatoms. The van der Waals surface area contributed by atoms with Gasteiger partial charge in [-0.05, 0) is 31.9 Å². The van der Waals surface area contributed by atoms with E-state index in [2.05, 4.69) is 10.3 Å². The number of rotatable bonds is 3. The van der Waals surface area contributed by atoms with Gasteiger partial charge in [-0.15, -0.1) is 0 Å². The van der Waals surface area contributed by atoms with E-state index < -0.39 is 11.4 Å². The molecule has 0 bridgehead atoms. The highest BCUT2D eigenvalue weighted by Crippen LogP contribution is 2.38. The highest BCUT2D eigenvalue weighted by atomic mass is 35.5. The standard InChI is InChI=1S/C13H15ClN2O3/c1-13(12(18)19)5-2-3-10(13)16-11(17)9-7-8(14)4-6-15-9/h4,6-7,10H,2-3,5H2,1H3,(H,16,17)(H,18,19). The minimum absolute atomic E-state index is 0.201. The van der Waals surface area contributed by atoms with Crippen LogP contribution in [-0.2, 0) is 4.79 Å². The van der Waals surface area contributed by atoms with Crippen molar-refractivity contribution in [2.45, 2.75) is 32.2 Å². The molecule has 0 saturated heterocycles. The summed E-state index contributed by atoms with van der Waals surface area (Å²) in [7, 11) is 0. The second-order valence-electron chi connectivity index (χ2n) is 5.00. The number of carboxylic acid groups (broad SMARTS) is 1. The van der Waals surface area contributed by atoms with Crippen molar-refractivity contribution in [1.29, 1.82) is 0 Å². The van der Waals surface area contributed by atoms with Crippen molar-refractivity contribution in [1.82, 2.24) is 10.3 Å². The first-order valence-corrected chi connectivity index (χ1v) is 6.47. The minimum atomic E-state index is -0.908. The Kier molecular flexibility index (Phi) is 3.75. The minimum Gasteiger partial charge on any atom is -0.481 e. The van der Waals surface area contributed by atoms with Gasteiger partial charge in [0.1, 0.15) is 5.69 Å². The molecule has 19 heavy (non-hydrogen) atoms. The lowest BCUT2D eigenvalue weighted by molar-refractivity contribution is -0.148. The predicted molar refractivity (Wildman–Crippen MR) is 70.1 cm³/mol. The molecule has 1 aliphatic rings. The third-order valence-corrected chi connectivity index (χ3v) is 3.94. The molecule has 1 heterocycles. The molecule has 0 spiro atoms. The first-order chi connectivity index (χ1) is 8.93. The molecule has 0 aliphatic heterocycles. The van der Waals surface area contributed by atoms with Crippen LogP contribution in [0.4, 0.5) is 0 Å². The number of aliphatic carboxylic acids is 1. The van der Waals surface area contributed by atoms with E-state index in [1.165, 1.54) is 12.3 Å². The summed E-state index contributed by atoms with van der Waals surface area (Å²) in [5.74, 6) is -1.27. The molecule has 2 rings (SSSR count). The molecule has 1 aromatic rings. The zero-order chi connectivity index (χ0) is 14.0. The maximum atomic E-state index is 12.0. The van der Waals surface area contributed by atoms with Crippen LogP contribution in [0, 0.1) is 5.41 Å². The van der Waals surface area contributed by atoms with E-state index in [0.29, 0.717) is 17.9 Å². The Balaban J connectivity index is 2.13. The average Bonchev–Trinajstić information content (AvgIpc) is 2.72. The summed E-state index contributed by atoms with van der Waals surface area (Å²) >= 11 is 5.80. The Hall–Kier alpha value is -1.62. The predicted octanol–water partition coefficient (Wildman–Crippen LogP) is 2.11. The number of hydrogen-bond donors (Lipinski definition) is 2. The van der Waals surface area contributed by atoms with Gasteiger partial charge in [-0.2, -0.15) is 0 Å². The van der Waals surface area contributed by atoms with Crippen molar-refractivity contribution in [3.63, 3.8) is 0 Å². The molecule has 2 unspecified atom stereocenters. The van der Waals surface area contributed by atoms with Gasteiger partial charge >= 0.3 is 5.97 Å². The van der Waals surface area contributed by atoms with Gasteiger partial charge in [0.15, 0.2) is 0 Å². The SMILES string of the molecule is CC1(C(=O)O)CCCC1NC(=O)c1cc(Cl)ccn1. The topological polar surface area (TPSA) is 79.3 Å². The molecule has 1 aromatic heterocycles. The Morgan fingerprint density at radius 3 is 2.95 bits per heavy atom. The number of aromatic nitrogens is 1. The van der Waals surface area contributed by atoms with Gasteiger partial charge in [0, 0.05) is 17.3 Å². The second-order valence-corrected chi connectivity index (χ2v) is 5.44. The van der Waals surface area contributed by atoms with Crippen LogP contribution in [0.2, 0.25) is 5.02 Å². The maximum absolute atomic E-state index is 12.0. The maximum Gasteiger partial charge on any atom is 0.311 e. The quantitative estimate of drug-likeness (QED) is 0.890. The van der Waals surface area contributed by atoms with Gasteiger partial charge in [0.25, 0.3) is 5.91 Å². The number of carbonyl (C=O) groups is 2. The normalized spacial score (nSPS) is 26.1. The van der Waals surface area contributed by atoms with Gasteiger partial charge in [-0.1, -0.05) is 18.0 Å². The molecular formula is C13H15ClN2O3. The number of carbonyl (C=O) groups excluding carboxylic acids is 1. The van der Waals surface area contributed by atoms with E-state index in [-0.39, 0.29) is 17.6 Å². The van der Waals surface area contributed by atoms with Gasteiger partial charge in [-0.3, -0.25) is 14.6 Å². The van der Waals surface area contributed by atoms with Crippen LogP contribution in [0.25, 0.3) is 0 Å². The van der Waals surface area contributed by atoms with E-state index in [9.17, 15) is 14.7 Å². The zero-order valence-corrected chi connectivity index (χ0v) is 11.3. The molecule has 2 N–H and O–H groups in total. The van der Waals surface area contributed by atoms with Crippen molar-refractivity contribution >= 4 is 23.5 Å². The van der Waals surface area contributed by atoms with Crippen LogP contribution in [0.15, 0.2) is 18.3 Å². The molecule has 1 aliphatic carbocycles. The summed E-state index contributed by atoms with van der Waals surface area (Å²) in [5.41, 5.74) is -0.707. The number of nitrogens with one attached hydrogen (secondary N) is 1. The number of nitrogens with zero attached hydrogens (tertiary/aromatic N) is 1. The van der Waals surface area contributed by atoms with Crippen molar-refractivity contribution in [3.8, 4) is 0 Å². The molecule has 1 amide bonds. The molecule has 102 valence electrons. The number of amides is 1. The first-order valence-electron chi connectivity index (χ1n) is 6.09. The van der Waals surface area contributed by atoms with E-state index >= 15 is 0 Å². The fourth-order valence-electron chi connectivity index (χ4n) is 2.41. The third-order valence-electron chi connectivity index (χ3n) is 3.71. The fraction of sp³-hybridized carbons (Fsp3) is 0.462. The summed E-state index contributed by atoms with van der Waals surface area (Å²) in [6, 6.07) is 2.66. The van der Waals surface area contributed by atoms with E-state index in [1.54, 1.807) is 13.0 Å². The van der Waals surface area contributed by atoms with Gasteiger partial charge in [-0.25, -0.2) is 0 Å². The Bertz CT molecular complexity index is 520. The third kappa shape index (κ3) is 2.71. The van der Waals surface area contributed by atoms with Gasteiger partial charge < -0.3 is 10.4 Å². The van der Waals surface area contributed by atoms with Crippen LogP contribution in [-0.4, -0.2) is 28.0 Å². The Morgan fingerprint density at radius 1 is 1.58 bits per heavy atom. The van der Waals surface area contributed by atoms with Gasteiger partial charge in [0.2, 0.25) is 0 Å². The number of pyridine rings is 1. The van der Waals surface area contributed by atoms with Crippen molar-refractivity contribution in [3.05, 3.63) is 29.0 Å². The molecule has 0 aromatic carbocycles. The fourth-order valence-corrected chi connectivity index (χ4v) is 2.57. The summed E-state index contributed by atoms with van der Waals surface area (Å²) in [6.45, 7) is 1.67. The summed E-state index contributed by atoms with van der Waals surface area (Å²) in [5, 5.41) is 12.5. The number of carboxylic acids is 1. The zero-order valence-electron chi connectivity index (χ0n) is 10.5. The van der Waals surface area contributed by atoms with Crippen molar-refractivity contribution < 1.29 is 14.7 Å². The molecule has 1 saturated carbocycles. The Labute approximate surface area is 116 Å². The van der Waals surface area contributed by atoms with Crippen LogP contribution in [0.3, 0.4) is 0 Å². The van der Waals surface area contributed by atoms with Crippen LogP contribution in [0.5, 0.6) is 0 Å². The van der Waals surface area contributed by atoms with Crippen molar-refractivity contribution in [2.75, 3.05) is 0 Å². The lowest BCUT2D eigenvalue weighted by Crippen LogP contribution is -2.47. The van der Waals surface area contributed by atoms with Crippen LogP contribution >= 0.6 is 11.6 Å². The summed E-state index contributed by atoms with van der Waals surface area (Å²) in [4.78, 5) is 27.3. The highest BCUT2D eigenvalue weighted by Gasteiger charge is 2.46. The smallest absolute Gasteiger partial charge is 0.311 e. The summed E-state index contributed by atoms with van der Waals surface area (Å²) < 4.78 is 0. The monoisotopic (exact) mass is 282 g/mol. The molecule has 2 atom stereocenters. The number of hydrogen-bond acceptors (Lipinski definition) is 3. The van der Waals surface area contributed by atoms with Crippen molar-refractivity contribution in [2.24, 2.45) is 5.41 Å². The average molecular weight is 283 g/mol. The van der Waals surface area contributed by atoms with Crippen LogP contribution in [0.1, 0.15) is 36.7 Å². The van der Waals surface area contributed by atoms with Crippen LogP contribution < -0.4 is 5.32 Å². The molecule has 0 radical (unpaired) electrons. The lowest BCUT2D eigenvalue weighted by atomic mass is 9.85. The number of halogens is 1.